The van der Waals surface area contributed by atoms with E-state index in [1.165, 1.54) is 22.9 Å². The molecule has 27 heavy (non-hydrogen) atoms. The number of rotatable bonds is 5. The molecule has 8 heteroatoms. The van der Waals surface area contributed by atoms with Crippen LogP contribution in [-0.2, 0) is 14.8 Å². The fourth-order valence-electron chi connectivity index (χ4n) is 3.72. The Balaban J connectivity index is 1.75. The third-order valence-electron chi connectivity index (χ3n) is 5.47. The summed E-state index contributed by atoms with van der Waals surface area (Å²) < 4.78 is 27.3. The molecule has 2 heterocycles. The fraction of sp³-hybridized carbons (Fsp3) is 0.632. The van der Waals surface area contributed by atoms with E-state index in [-0.39, 0.29) is 16.8 Å². The molecule has 2 aliphatic rings. The van der Waals surface area contributed by atoms with Gasteiger partial charge in [-0.05, 0) is 63.9 Å². The highest BCUT2D eigenvalue weighted by atomic mass is 35.5. The smallest absolute Gasteiger partial charge is 0.243 e. The highest BCUT2D eigenvalue weighted by Gasteiger charge is 2.28. The Bertz CT molecular complexity index is 772. The average Bonchev–Trinajstić information content (AvgIpc) is 2.70. The van der Waals surface area contributed by atoms with E-state index in [2.05, 4.69) is 10.2 Å². The summed E-state index contributed by atoms with van der Waals surface area (Å²) in [6.07, 6.45) is 6.22. The molecule has 0 aromatic heterocycles. The number of nitrogens with zero attached hydrogens (tertiary/aromatic N) is 2. The van der Waals surface area contributed by atoms with Crippen molar-refractivity contribution < 1.29 is 13.2 Å². The number of carbonyl (C=O) groups is 1. The maximum Gasteiger partial charge on any atom is 0.243 e. The molecule has 2 saturated heterocycles. The lowest BCUT2D eigenvalue weighted by atomic mass is 10.1. The van der Waals surface area contributed by atoms with E-state index in [1.54, 1.807) is 6.07 Å². The van der Waals surface area contributed by atoms with Crippen LogP contribution in [0.3, 0.4) is 0 Å². The SMILES string of the molecule is C[C@@H](C(=O)Nc1cc(S(=O)(=O)N2CCCCC2)ccc1Cl)N1CCCCC1. The number of piperidine rings is 2. The number of hydrogen-bond donors (Lipinski definition) is 1. The van der Waals surface area contributed by atoms with Gasteiger partial charge in [-0.3, -0.25) is 9.69 Å². The maximum atomic E-state index is 12.9. The van der Waals surface area contributed by atoms with Crippen molar-refractivity contribution >= 4 is 33.2 Å². The highest BCUT2D eigenvalue weighted by Crippen LogP contribution is 2.28. The van der Waals surface area contributed by atoms with Crippen molar-refractivity contribution in [1.82, 2.24) is 9.21 Å². The highest BCUT2D eigenvalue weighted by molar-refractivity contribution is 7.89. The van der Waals surface area contributed by atoms with E-state index < -0.39 is 10.0 Å². The van der Waals surface area contributed by atoms with Crippen LogP contribution in [0.25, 0.3) is 0 Å². The van der Waals surface area contributed by atoms with Crippen molar-refractivity contribution in [3.05, 3.63) is 23.2 Å². The number of anilines is 1. The number of nitrogens with one attached hydrogen (secondary N) is 1. The van der Waals surface area contributed by atoms with E-state index in [4.69, 9.17) is 11.6 Å². The summed E-state index contributed by atoms with van der Waals surface area (Å²) in [6.45, 7) is 4.78. The molecule has 1 N–H and O–H groups in total. The Labute approximate surface area is 166 Å². The van der Waals surface area contributed by atoms with Crippen molar-refractivity contribution in [2.45, 2.75) is 56.4 Å². The first-order valence-electron chi connectivity index (χ1n) is 9.74. The first-order chi connectivity index (χ1) is 12.9. The molecule has 1 aromatic rings. The maximum absolute atomic E-state index is 12.9. The molecule has 150 valence electrons. The van der Waals surface area contributed by atoms with Gasteiger partial charge < -0.3 is 5.32 Å². The first kappa shape index (κ1) is 20.6. The zero-order chi connectivity index (χ0) is 19.4. The van der Waals surface area contributed by atoms with E-state index in [9.17, 15) is 13.2 Å². The third kappa shape index (κ3) is 4.83. The van der Waals surface area contributed by atoms with Gasteiger partial charge in [0.2, 0.25) is 15.9 Å². The summed E-state index contributed by atoms with van der Waals surface area (Å²) in [5.74, 6) is -0.161. The second kappa shape index (κ2) is 8.90. The van der Waals surface area contributed by atoms with Crippen molar-refractivity contribution in [1.29, 1.82) is 0 Å². The van der Waals surface area contributed by atoms with Crippen molar-refractivity contribution in [3.8, 4) is 0 Å². The van der Waals surface area contributed by atoms with Gasteiger partial charge in [-0.2, -0.15) is 4.31 Å². The number of benzene rings is 1. The third-order valence-corrected chi connectivity index (χ3v) is 7.69. The molecule has 0 aliphatic carbocycles. The van der Waals surface area contributed by atoms with Gasteiger partial charge in [-0.15, -0.1) is 0 Å². The van der Waals surface area contributed by atoms with Crippen LogP contribution in [0.4, 0.5) is 5.69 Å². The molecule has 1 aromatic carbocycles. The topological polar surface area (TPSA) is 69.7 Å². The zero-order valence-corrected chi connectivity index (χ0v) is 17.4. The van der Waals surface area contributed by atoms with Crippen LogP contribution in [0.5, 0.6) is 0 Å². The quantitative estimate of drug-likeness (QED) is 0.803. The number of hydrogen-bond acceptors (Lipinski definition) is 4. The summed E-state index contributed by atoms with van der Waals surface area (Å²) in [7, 11) is -3.56. The Hall–Kier alpha value is -1.15. The van der Waals surface area contributed by atoms with Gasteiger partial charge in [-0.25, -0.2) is 8.42 Å². The summed E-state index contributed by atoms with van der Waals surface area (Å²) >= 11 is 6.23. The average molecular weight is 414 g/mol. The minimum absolute atomic E-state index is 0.161. The van der Waals surface area contributed by atoms with Gasteiger partial charge in [0.15, 0.2) is 0 Å². The van der Waals surface area contributed by atoms with Crippen LogP contribution >= 0.6 is 11.6 Å². The van der Waals surface area contributed by atoms with Crippen LogP contribution in [0.1, 0.15) is 45.4 Å². The second-order valence-electron chi connectivity index (χ2n) is 7.37. The zero-order valence-electron chi connectivity index (χ0n) is 15.8. The molecule has 1 amide bonds. The van der Waals surface area contributed by atoms with Crippen LogP contribution in [0.2, 0.25) is 5.02 Å². The first-order valence-corrected chi connectivity index (χ1v) is 11.6. The molecule has 6 nitrogen and oxygen atoms in total. The molecule has 0 unspecified atom stereocenters. The Morgan fingerprint density at radius 3 is 2.26 bits per heavy atom. The molecule has 0 radical (unpaired) electrons. The summed E-state index contributed by atoms with van der Waals surface area (Å²) in [6, 6.07) is 4.26. The molecule has 0 spiro atoms. The van der Waals surface area contributed by atoms with Gasteiger partial charge in [-0.1, -0.05) is 24.4 Å². The lowest BCUT2D eigenvalue weighted by molar-refractivity contribution is -0.121. The van der Waals surface area contributed by atoms with Crippen molar-refractivity contribution in [2.75, 3.05) is 31.5 Å². The predicted molar refractivity (Wildman–Crippen MR) is 108 cm³/mol. The lowest BCUT2D eigenvalue weighted by Gasteiger charge is -2.31. The molecular weight excluding hydrogens is 386 g/mol. The molecule has 0 saturated carbocycles. The van der Waals surface area contributed by atoms with Gasteiger partial charge in [0, 0.05) is 13.1 Å². The Morgan fingerprint density at radius 1 is 1.04 bits per heavy atom. The Morgan fingerprint density at radius 2 is 1.63 bits per heavy atom. The lowest BCUT2D eigenvalue weighted by Crippen LogP contribution is -2.44. The minimum Gasteiger partial charge on any atom is -0.323 e. The van der Waals surface area contributed by atoms with Crippen LogP contribution in [0.15, 0.2) is 23.1 Å². The molecule has 3 rings (SSSR count). The summed E-state index contributed by atoms with van der Waals surface area (Å²) in [5, 5.41) is 3.17. The van der Waals surface area contributed by atoms with Crippen molar-refractivity contribution in [3.63, 3.8) is 0 Å². The van der Waals surface area contributed by atoms with E-state index >= 15 is 0 Å². The van der Waals surface area contributed by atoms with E-state index in [1.807, 2.05) is 6.92 Å². The summed E-state index contributed by atoms with van der Waals surface area (Å²) in [4.78, 5) is 15.0. The number of likely N-dealkylation sites (tertiary alicyclic amines) is 1. The van der Waals surface area contributed by atoms with Crippen LogP contribution < -0.4 is 5.32 Å². The summed E-state index contributed by atoms with van der Waals surface area (Å²) in [5.41, 5.74) is 0.351. The number of halogens is 1. The molecule has 1 atom stereocenters. The predicted octanol–water partition coefficient (Wildman–Crippen LogP) is 3.33. The van der Waals surface area contributed by atoms with Gasteiger partial charge in [0.1, 0.15) is 0 Å². The van der Waals surface area contributed by atoms with Crippen LogP contribution in [-0.4, -0.2) is 55.8 Å². The molecule has 2 fully saturated rings. The van der Waals surface area contributed by atoms with Crippen molar-refractivity contribution in [2.24, 2.45) is 0 Å². The van der Waals surface area contributed by atoms with Gasteiger partial charge in [0.25, 0.3) is 0 Å². The standard InChI is InChI=1S/C19H28ClN3O3S/c1-15(22-10-4-2-5-11-22)19(24)21-18-14-16(8-9-17(18)20)27(25,26)23-12-6-3-7-13-23/h8-9,14-15H,2-7,10-13H2,1H3,(H,21,24)/t15-/m0/s1. The second-order valence-corrected chi connectivity index (χ2v) is 9.71. The Kier molecular flexibility index (Phi) is 6.78. The molecular formula is C19H28ClN3O3S. The fourth-order valence-corrected chi connectivity index (χ4v) is 5.43. The van der Waals surface area contributed by atoms with Crippen LogP contribution in [0, 0.1) is 0 Å². The van der Waals surface area contributed by atoms with Gasteiger partial charge >= 0.3 is 0 Å². The van der Waals surface area contributed by atoms with Gasteiger partial charge in [0.05, 0.1) is 21.6 Å². The largest absolute Gasteiger partial charge is 0.323 e. The molecule has 0 bridgehead atoms. The van der Waals surface area contributed by atoms with E-state index in [0.29, 0.717) is 23.8 Å². The number of amides is 1. The monoisotopic (exact) mass is 413 g/mol. The minimum atomic E-state index is -3.56. The number of carbonyl (C=O) groups excluding carboxylic acids is 1. The normalized spacial score (nSPS) is 21.0. The number of sulfonamides is 1. The van der Waals surface area contributed by atoms with E-state index in [0.717, 1.165) is 45.2 Å². The molecule has 2 aliphatic heterocycles.